The van der Waals surface area contributed by atoms with Crippen molar-refractivity contribution in [2.75, 3.05) is 39.9 Å². The van der Waals surface area contributed by atoms with Crippen LogP contribution in [0.5, 0.6) is 0 Å². The summed E-state index contributed by atoms with van der Waals surface area (Å²) in [5, 5.41) is 0. The number of carbonyl (C=O) groups excluding carboxylic acids is 1. The number of hydrogen-bond acceptors (Lipinski definition) is 5. The molecule has 1 amide bonds. The van der Waals surface area contributed by atoms with E-state index >= 15 is 0 Å². The number of halogens is 3. The molecule has 5 nitrogen and oxygen atoms in total. The van der Waals surface area contributed by atoms with Crippen molar-refractivity contribution in [3.8, 4) is 0 Å². The first kappa shape index (κ1) is 20.4. The maximum atomic E-state index is 14.3. The standard InChI is InChI=1S/C20H24F3N3O2S/c1-24-15(4-5-17(27)25-6-8-28-9-7-25)16-10-12(11-26(16)20(24)29)18-13(21)2-3-14(22)19(18)23/h2-3,12,20,29H,4-11H2,1H3/t12-,20?/m0/s1. The molecule has 2 fully saturated rings. The second-order valence-electron chi connectivity index (χ2n) is 7.65. The highest BCUT2D eigenvalue weighted by Gasteiger charge is 2.42. The van der Waals surface area contributed by atoms with Crippen LogP contribution in [0.3, 0.4) is 0 Å². The lowest BCUT2D eigenvalue weighted by Crippen LogP contribution is -2.40. The molecule has 2 saturated heterocycles. The number of carbonyl (C=O) groups is 1. The minimum Gasteiger partial charge on any atom is -0.378 e. The fraction of sp³-hybridized carbons (Fsp3) is 0.550. The van der Waals surface area contributed by atoms with E-state index in [4.69, 9.17) is 4.74 Å². The van der Waals surface area contributed by atoms with Crippen LogP contribution >= 0.6 is 12.6 Å². The summed E-state index contributed by atoms with van der Waals surface area (Å²) < 4.78 is 47.5. The normalized spacial score (nSPS) is 24.5. The molecule has 0 aliphatic carbocycles. The predicted octanol–water partition coefficient (Wildman–Crippen LogP) is 2.90. The molecule has 9 heteroatoms. The van der Waals surface area contributed by atoms with Crippen molar-refractivity contribution in [2.24, 2.45) is 0 Å². The Kier molecular flexibility index (Phi) is 5.70. The second kappa shape index (κ2) is 8.10. The second-order valence-corrected chi connectivity index (χ2v) is 8.12. The first-order valence-electron chi connectivity index (χ1n) is 9.77. The van der Waals surface area contributed by atoms with Crippen molar-refractivity contribution in [3.63, 3.8) is 0 Å². The van der Waals surface area contributed by atoms with Crippen molar-refractivity contribution in [3.05, 3.63) is 46.5 Å². The van der Waals surface area contributed by atoms with Crippen LogP contribution in [0.15, 0.2) is 23.5 Å². The summed E-state index contributed by atoms with van der Waals surface area (Å²) in [4.78, 5) is 18.3. The van der Waals surface area contributed by atoms with E-state index in [0.717, 1.165) is 23.5 Å². The zero-order chi connectivity index (χ0) is 20.7. The highest BCUT2D eigenvalue weighted by Crippen LogP contribution is 2.45. The Balaban J connectivity index is 1.52. The van der Waals surface area contributed by atoms with Crippen molar-refractivity contribution >= 4 is 18.5 Å². The highest BCUT2D eigenvalue weighted by molar-refractivity contribution is 7.80. The molecule has 2 atom stereocenters. The number of ether oxygens (including phenoxy) is 1. The topological polar surface area (TPSA) is 36.0 Å². The Morgan fingerprint density at radius 1 is 1.21 bits per heavy atom. The molecule has 4 rings (SSSR count). The van der Waals surface area contributed by atoms with E-state index in [1.165, 1.54) is 0 Å². The lowest BCUT2D eigenvalue weighted by atomic mass is 9.95. The van der Waals surface area contributed by atoms with Gasteiger partial charge in [0.05, 0.1) is 13.2 Å². The van der Waals surface area contributed by atoms with Gasteiger partial charge in [0.2, 0.25) is 5.91 Å². The fourth-order valence-corrected chi connectivity index (χ4v) is 4.83. The molecule has 3 heterocycles. The van der Waals surface area contributed by atoms with Crippen molar-refractivity contribution < 1.29 is 22.7 Å². The molecule has 0 aromatic heterocycles. The van der Waals surface area contributed by atoms with Crippen LogP contribution in [-0.4, -0.2) is 66.0 Å². The molecule has 0 radical (unpaired) electrons. The molecule has 0 spiro atoms. The SMILES string of the molecule is CN1C(CCC(=O)N2CCOCC2)=C2C[C@H](c3c(F)ccc(F)c3F)CN2C1S. The molecule has 1 aromatic carbocycles. The number of benzene rings is 1. The Labute approximate surface area is 173 Å². The van der Waals surface area contributed by atoms with Gasteiger partial charge in [0.1, 0.15) is 11.3 Å². The lowest BCUT2D eigenvalue weighted by Gasteiger charge is -2.29. The molecular weight excluding hydrogens is 403 g/mol. The maximum absolute atomic E-state index is 14.3. The van der Waals surface area contributed by atoms with E-state index in [2.05, 4.69) is 12.6 Å². The van der Waals surface area contributed by atoms with Crippen LogP contribution in [0.1, 0.15) is 30.7 Å². The van der Waals surface area contributed by atoms with E-state index < -0.39 is 23.4 Å². The van der Waals surface area contributed by atoms with E-state index in [0.29, 0.717) is 52.1 Å². The summed E-state index contributed by atoms with van der Waals surface area (Å²) >= 11 is 4.63. The molecule has 0 saturated carbocycles. The number of fused-ring (bicyclic) bond motifs is 1. The third kappa shape index (κ3) is 3.70. The first-order valence-corrected chi connectivity index (χ1v) is 10.3. The lowest BCUT2D eigenvalue weighted by molar-refractivity contribution is -0.135. The maximum Gasteiger partial charge on any atom is 0.223 e. The van der Waals surface area contributed by atoms with Gasteiger partial charge in [-0.15, -0.1) is 12.6 Å². The van der Waals surface area contributed by atoms with Crippen LogP contribution in [0.4, 0.5) is 13.2 Å². The number of morpholine rings is 1. The quantitative estimate of drug-likeness (QED) is 0.592. The number of rotatable bonds is 4. The van der Waals surface area contributed by atoms with E-state index in [1.807, 2.05) is 16.8 Å². The smallest absolute Gasteiger partial charge is 0.223 e. The average Bonchev–Trinajstić information content (AvgIpc) is 3.23. The molecule has 29 heavy (non-hydrogen) atoms. The van der Waals surface area contributed by atoms with E-state index in [1.54, 1.807) is 4.90 Å². The van der Waals surface area contributed by atoms with Gasteiger partial charge in [-0.1, -0.05) is 0 Å². The van der Waals surface area contributed by atoms with Crippen molar-refractivity contribution in [2.45, 2.75) is 30.7 Å². The summed E-state index contributed by atoms with van der Waals surface area (Å²) in [6.07, 6.45) is 1.26. The Bertz CT molecular complexity index is 845. The van der Waals surface area contributed by atoms with Crippen molar-refractivity contribution in [1.82, 2.24) is 14.7 Å². The van der Waals surface area contributed by atoms with Gasteiger partial charge >= 0.3 is 0 Å². The van der Waals surface area contributed by atoms with Gasteiger partial charge in [0.25, 0.3) is 0 Å². The van der Waals surface area contributed by atoms with Gasteiger partial charge in [-0.25, -0.2) is 13.2 Å². The largest absolute Gasteiger partial charge is 0.378 e. The molecule has 0 bridgehead atoms. The minimum absolute atomic E-state index is 0.0701. The van der Waals surface area contributed by atoms with Gasteiger partial charge in [0, 0.05) is 56.0 Å². The average molecular weight is 427 g/mol. The van der Waals surface area contributed by atoms with Gasteiger partial charge < -0.3 is 19.4 Å². The summed E-state index contributed by atoms with van der Waals surface area (Å²) in [5.41, 5.74) is 1.39. The van der Waals surface area contributed by atoms with Gasteiger partial charge in [-0.2, -0.15) is 0 Å². The van der Waals surface area contributed by atoms with Crippen LogP contribution in [0.2, 0.25) is 0 Å². The van der Waals surface area contributed by atoms with Crippen LogP contribution in [0, 0.1) is 17.5 Å². The number of allylic oxidation sites excluding steroid dienone is 2. The first-order chi connectivity index (χ1) is 13.9. The molecule has 158 valence electrons. The molecule has 0 N–H and O–H groups in total. The zero-order valence-corrected chi connectivity index (χ0v) is 17.1. The molecule has 3 aliphatic rings. The third-order valence-electron chi connectivity index (χ3n) is 6.01. The number of hydrogen-bond donors (Lipinski definition) is 1. The van der Waals surface area contributed by atoms with Crippen LogP contribution < -0.4 is 0 Å². The summed E-state index contributed by atoms with van der Waals surface area (Å²) in [6, 6.07) is 1.78. The Morgan fingerprint density at radius 2 is 1.90 bits per heavy atom. The van der Waals surface area contributed by atoms with Crippen LogP contribution in [-0.2, 0) is 9.53 Å². The monoisotopic (exact) mass is 427 g/mol. The Morgan fingerprint density at radius 3 is 2.62 bits per heavy atom. The molecule has 3 aliphatic heterocycles. The summed E-state index contributed by atoms with van der Waals surface area (Å²) in [6.45, 7) is 2.66. The number of nitrogens with zero attached hydrogens (tertiary/aromatic N) is 3. The van der Waals surface area contributed by atoms with Crippen molar-refractivity contribution in [1.29, 1.82) is 0 Å². The number of thiol groups is 1. The molecule has 1 aromatic rings. The summed E-state index contributed by atoms with van der Waals surface area (Å²) in [7, 11) is 1.90. The minimum atomic E-state index is -1.12. The third-order valence-corrected chi connectivity index (χ3v) is 6.64. The van der Waals surface area contributed by atoms with E-state index in [9.17, 15) is 18.0 Å². The number of amides is 1. The van der Waals surface area contributed by atoms with Crippen LogP contribution in [0.25, 0.3) is 0 Å². The van der Waals surface area contributed by atoms with Gasteiger partial charge in [-0.3, -0.25) is 4.79 Å². The fourth-order valence-electron chi connectivity index (χ4n) is 4.46. The Hall–Kier alpha value is -1.87. The predicted molar refractivity (Wildman–Crippen MR) is 105 cm³/mol. The highest BCUT2D eigenvalue weighted by atomic mass is 32.1. The molecular formula is C20H24F3N3O2S. The van der Waals surface area contributed by atoms with E-state index in [-0.39, 0.29) is 17.0 Å². The summed E-state index contributed by atoms with van der Waals surface area (Å²) in [5.74, 6) is -3.32. The van der Waals surface area contributed by atoms with Gasteiger partial charge in [-0.05, 0) is 25.0 Å². The zero-order valence-electron chi connectivity index (χ0n) is 16.2. The molecule has 1 unspecified atom stereocenters. The van der Waals surface area contributed by atoms with Gasteiger partial charge in [0.15, 0.2) is 11.6 Å².